The molecule has 0 aliphatic carbocycles. The molecule has 3 rings (SSSR count). The average Bonchev–Trinajstić information content (AvgIpc) is 2.90. The Balaban J connectivity index is 1.89. The Morgan fingerprint density at radius 1 is 1.12 bits per heavy atom. The Morgan fingerprint density at radius 2 is 1.83 bits per heavy atom. The van der Waals surface area contributed by atoms with E-state index < -0.39 is 17.9 Å². The third kappa shape index (κ3) is 2.71. The first kappa shape index (κ1) is 16.0. The number of carbonyl (C=O) groups excluding carboxylic acids is 2. The molecule has 0 N–H and O–H groups in total. The van der Waals surface area contributed by atoms with Gasteiger partial charge in [0.2, 0.25) is 0 Å². The molecule has 0 aromatic heterocycles. The average molecular weight is 330 g/mol. The Morgan fingerprint density at radius 3 is 2.46 bits per heavy atom. The molecule has 0 spiro atoms. The Bertz CT molecular complexity index is 798. The van der Waals surface area contributed by atoms with Crippen molar-refractivity contribution in [3.05, 3.63) is 58.9 Å². The van der Waals surface area contributed by atoms with Crippen molar-refractivity contribution < 1.29 is 28.2 Å². The van der Waals surface area contributed by atoms with Crippen LogP contribution in [0, 0.1) is 5.82 Å². The maximum atomic E-state index is 13.0. The second-order valence-corrected chi connectivity index (χ2v) is 5.29. The van der Waals surface area contributed by atoms with Crippen molar-refractivity contribution in [2.45, 2.75) is 12.5 Å². The summed E-state index contributed by atoms with van der Waals surface area (Å²) in [6.07, 6.45) is -0.732. The highest BCUT2D eigenvalue weighted by Gasteiger charge is 2.36. The van der Waals surface area contributed by atoms with Gasteiger partial charge in [0, 0.05) is 11.1 Å². The van der Waals surface area contributed by atoms with E-state index in [0.717, 1.165) is 0 Å². The minimum absolute atomic E-state index is 0.0279. The molecular formula is C18H15FO5. The Kier molecular flexibility index (Phi) is 4.20. The fraction of sp³-hybridized carbons (Fsp3) is 0.222. The molecule has 0 fully saturated rings. The second kappa shape index (κ2) is 6.31. The molecule has 124 valence electrons. The van der Waals surface area contributed by atoms with E-state index in [9.17, 15) is 14.0 Å². The third-order valence-electron chi connectivity index (χ3n) is 3.92. The number of esters is 1. The molecule has 0 unspecified atom stereocenters. The number of benzene rings is 2. The predicted octanol–water partition coefficient (Wildman–Crippen LogP) is 3.33. The van der Waals surface area contributed by atoms with Gasteiger partial charge in [-0.3, -0.25) is 4.79 Å². The number of hydrogen-bond donors (Lipinski definition) is 0. The van der Waals surface area contributed by atoms with E-state index in [2.05, 4.69) is 0 Å². The fourth-order valence-corrected chi connectivity index (χ4v) is 2.75. The molecule has 5 nitrogen and oxygen atoms in total. The minimum atomic E-state index is -0.704. The van der Waals surface area contributed by atoms with Gasteiger partial charge in [0.05, 0.1) is 20.6 Å². The van der Waals surface area contributed by atoms with Crippen molar-refractivity contribution in [1.82, 2.24) is 0 Å². The van der Waals surface area contributed by atoms with Crippen LogP contribution < -0.4 is 9.47 Å². The number of ether oxygens (including phenoxy) is 3. The zero-order valence-corrected chi connectivity index (χ0v) is 13.2. The lowest BCUT2D eigenvalue weighted by atomic mass is 9.97. The van der Waals surface area contributed by atoms with Crippen LogP contribution in [-0.2, 0) is 4.74 Å². The van der Waals surface area contributed by atoms with E-state index in [1.165, 1.54) is 38.5 Å². The SMILES string of the molecule is COc1ccc2c(c1OC)C(=O)O[C@H]2CC(=O)c1ccc(F)cc1. The van der Waals surface area contributed by atoms with E-state index in [1.807, 2.05) is 0 Å². The number of rotatable bonds is 5. The molecule has 2 aromatic carbocycles. The van der Waals surface area contributed by atoms with Gasteiger partial charge in [-0.2, -0.15) is 0 Å². The predicted molar refractivity (Wildman–Crippen MR) is 83.1 cm³/mol. The van der Waals surface area contributed by atoms with E-state index in [1.54, 1.807) is 12.1 Å². The van der Waals surface area contributed by atoms with Gasteiger partial charge in [-0.15, -0.1) is 0 Å². The molecule has 1 aliphatic rings. The summed E-state index contributed by atoms with van der Waals surface area (Å²) in [5, 5.41) is 0. The van der Waals surface area contributed by atoms with Crippen LogP contribution in [-0.4, -0.2) is 26.0 Å². The molecule has 2 aromatic rings. The molecular weight excluding hydrogens is 315 g/mol. The van der Waals surface area contributed by atoms with Crippen LogP contribution in [0.5, 0.6) is 11.5 Å². The summed E-state index contributed by atoms with van der Waals surface area (Å²) in [5.41, 5.74) is 1.21. The summed E-state index contributed by atoms with van der Waals surface area (Å²) in [6.45, 7) is 0. The zero-order valence-electron chi connectivity index (χ0n) is 13.2. The maximum Gasteiger partial charge on any atom is 0.343 e. The first-order valence-corrected chi connectivity index (χ1v) is 7.29. The Labute approximate surface area is 138 Å². The van der Waals surface area contributed by atoms with Crippen LogP contribution in [0.4, 0.5) is 4.39 Å². The van der Waals surface area contributed by atoms with Crippen LogP contribution in [0.1, 0.15) is 38.8 Å². The number of Topliss-reactive ketones (excluding diaryl/α,β-unsaturated/α-hetero) is 1. The summed E-state index contributed by atoms with van der Waals surface area (Å²) in [7, 11) is 2.91. The topological polar surface area (TPSA) is 61.8 Å². The molecule has 0 radical (unpaired) electrons. The molecule has 0 amide bonds. The maximum absolute atomic E-state index is 13.0. The lowest BCUT2D eigenvalue weighted by Gasteiger charge is -2.12. The Hall–Kier alpha value is -2.89. The van der Waals surface area contributed by atoms with Gasteiger partial charge < -0.3 is 14.2 Å². The largest absolute Gasteiger partial charge is 0.493 e. The lowest BCUT2D eigenvalue weighted by molar-refractivity contribution is 0.0365. The summed E-state index contributed by atoms with van der Waals surface area (Å²) in [4.78, 5) is 24.5. The van der Waals surface area contributed by atoms with E-state index >= 15 is 0 Å². The number of cyclic esters (lactones) is 1. The first-order chi connectivity index (χ1) is 11.5. The zero-order chi connectivity index (χ0) is 17.3. The standard InChI is InChI=1S/C18H15FO5/c1-22-14-8-7-12-15(24-18(21)16(12)17(14)23-2)9-13(20)10-3-5-11(19)6-4-10/h3-8,15H,9H2,1-2H3/t15-/m0/s1. The summed E-state index contributed by atoms with van der Waals surface area (Å²) >= 11 is 0. The van der Waals surface area contributed by atoms with E-state index in [-0.39, 0.29) is 23.5 Å². The monoisotopic (exact) mass is 330 g/mol. The highest BCUT2D eigenvalue weighted by molar-refractivity contribution is 6.00. The second-order valence-electron chi connectivity index (χ2n) is 5.29. The van der Waals surface area contributed by atoms with Gasteiger partial charge >= 0.3 is 5.97 Å². The van der Waals surface area contributed by atoms with Crippen molar-refractivity contribution in [3.63, 3.8) is 0 Å². The van der Waals surface area contributed by atoms with Crippen LogP contribution in [0.15, 0.2) is 36.4 Å². The molecule has 1 aliphatic heterocycles. The summed E-state index contributed by atoms with van der Waals surface area (Å²) < 4.78 is 28.7. The van der Waals surface area contributed by atoms with Gasteiger partial charge in [0.15, 0.2) is 17.3 Å². The van der Waals surface area contributed by atoms with Gasteiger partial charge in [-0.05, 0) is 30.3 Å². The summed E-state index contributed by atoms with van der Waals surface area (Å²) in [6, 6.07) is 8.60. The van der Waals surface area contributed by atoms with Crippen LogP contribution in [0.3, 0.4) is 0 Å². The van der Waals surface area contributed by atoms with Crippen molar-refractivity contribution in [3.8, 4) is 11.5 Å². The van der Waals surface area contributed by atoms with Crippen molar-refractivity contribution in [2.24, 2.45) is 0 Å². The molecule has 1 atom stereocenters. The molecule has 0 saturated carbocycles. The lowest BCUT2D eigenvalue weighted by Crippen LogP contribution is -2.07. The highest BCUT2D eigenvalue weighted by Crippen LogP contribution is 2.43. The summed E-state index contributed by atoms with van der Waals surface area (Å²) in [5.74, 6) is -0.510. The van der Waals surface area contributed by atoms with Crippen molar-refractivity contribution in [1.29, 1.82) is 0 Å². The molecule has 1 heterocycles. The number of methoxy groups -OCH3 is 2. The molecule has 0 saturated heterocycles. The third-order valence-corrected chi connectivity index (χ3v) is 3.92. The van der Waals surface area contributed by atoms with E-state index in [4.69, 9.17) is 14.2 Å². The van der Waals surface area contributed by atoms with Crippen LogP contribution in [0.2, 0.25) is 0 Å². The number of ketones is 1. The number of halogens is 1. The molecule has 0 bridgehead atoms. The van der Waals surface area contributed by atoms with Crippen LogP contribution in [0.25, 0.3) is 0 Å². The van der Waals surface area contributed by atoms with Gasteiger partial charge in [-0.1, -0.05) is 6.07 Å². The van der Waals surface area contributed by atoms with Gasteiger partial charge in [0.25, 0.3) is 0 Å². The van der Waals surface area contributed by atoms with Gasteiger partial charge in [0.1, 0.15) is 17.5 Å². The molecule has 6 heteroatoms. The quantitative estimate of drug-likeness (QED) is 0.621. The number of carbonyl (C=O) groups is 2. The van der Waals surface area contributed by atoms with Crippen molar-refractivity contribution in [2.75, 3.05) is 14.2 Å². The number of hydrogen-bond acceptors (Lipinski definition) is 5. The van der Waals surface area contributed by atoms with Gasteiger partial charge in [-0.25, -0.2) is 9.18 Å². The molecule has 24 heavy (non-hydrogen) atoms. The minimum Gasteiger partial charge on any atom is -0.493 e. The first-order valence-electron chi connectivity index (χ1n) is 7.29. The fourth-order valence-electron chi connectivity index (χ4n) is 2.75. The highest BCUT2D eigenvalue weighted by atomic mass is 19.1. The smallest absolute Gasteiger partial charge is 0.343 e. The van der Waals surface area contributed by atoms with Crippen molar-refractivity contribution >= 4 is 11.8 Å². The van der Waals surface area contributed by atoms with Crippen LogP contribution >= 0.6 is 0 Å². The van der Waals surface area contributed by atoms with E-state index in [0.29, 0.717) is 16.9 Å². The number of fused-ring (bicyclic) bond motifs is 1. The normalized spacial score (nSPS) is 15.6.